The van der Waals surface area contributed by atoms with E-state index in [9.17, 15) is 4.79 Å². The normalized spacial score (nSPS) is 16.9. The Balaban J connectivity index is 1.51. The Labute approximate surface area is 157 Å². The average molecular weight is 362 g/mol. The summed E-state index contributed by atoms with van der Waals surface area (Å²) < 4.78 is 0. The van der Waals surface area contributed by atoms with Crippen LogP contribution in [0, 0.1) is 0 Å². The van der Waals surface area contributed by atoms with Gasteiger partial charge in [0.15, 0.2) is 0 Å². The number of para-hydroxylation sites is 1. The van der Waals surface area contributed by atoms with Gasteiger partial charge in [-0.3, -0.25) is 5.10 Å². The number of benzene rings is 1. The molecule has 1 aromatic carbocycles. The number of H-pyrrole nitrogens is 1. The highest BCUT2D eigenvalue weighted by molar-refractivity contribution is 5.89. The number of nitrogen functional groups attached to an aromatic ring is 1. The topological polar surface area (TPSA) is 99.9 Å². The number of urea groups is 1. The van der Waals surface area contributed by atoms with Gasteiger partial charge in [0.05, 0.1) is 6.20 Å². The summed E-state index contributed by atoms with van der Waals surface area (Å²) in [6, 6.07) is 13.2. The van der Waals surface area contributed by atoms with Crippen LogP contribution < -0.4 is 11.1 Å². The molecule has 0 spiro atoms. The van der Waals surface area contributed by atoms with Crippen molar-refractivity contribution in [2.75, 3.05) is 24.1 Å². The van der Waals surface area contributed by atoms with Gasteiger partial charge in [-0.2, -0.15) is 5.10 Å². The maximum absolute atomic E-state index is 12.6. The van der Waals surface area contributed by atoms with Gasteiger partial charge in [-0.05, 0) is 42.7 Å². The van der Waals surface area contributed by atoms with E-state index in [1.54, 1.807) is 6.20 Å². The lowest BCUT2D eigenvalue weighted by Crippen LogP contribution is -2.41. The summed E-state index contributed by atoms with van der Waals surface area (Å²) in [7, 11) is 0. The highest BCUT2D eigenvalue weighted by Crippen LogP contribution is 2.33. The lowest BCUT2D eigenvalue weighted by Gasteiger charge is -2.32. The first-order valence-electron chi connectivity index (χ1n) is 9.07. The molecule has 2 amide bonds. The van der Waals surface area contributed by atoms with Gasteiger partial charge in [-0.15, -0.1) is 0 Å². The van der Waals surface area contributed by atoms with Crippen LogP contribution in [0.5, 0.6) is 0 Å². The zero-order chi connectivity index (χ0) is 18.6. The predicted molar refractivity (Wildman–Crippen MR) is 105 cm³/mol. The largest absolute Gasteiger partial charge is 0.384 e. The number of aromatic nitrogens is 3. The van der Waals surface area contributed by atoms with E-state index in [1.807, 2.05) is 53.6 Å². The molecule has 0 aliphatic carbocycles. The number of carbonyl (C=O) groups excluding carboxylic acids is 1. The van der Waals surface area contributed by atoms with Crippen LogP contribution in [0.4, 0.5) is 16.3 Å². The fourth-order valence-corrected chi connectivity index (χ4v) is 3.57. The van der Waals surface area contributed by atoms with Crippen LogP contribution in [0.15, 0.2) is 54.9 Å². The number of carbonyl (C=O) groups is 1. The number of aromatic amines is 1. The molecule has 1 atom stereocenters. The van der Waals surface area contributed by atoms with Gasteiger partial charge in [-0.1, -0.05) is 18.2 Å². The third-order valence-corrected chi connectivity index (χ3v) is 4.90. The monoisotopic (exact) mass is 362 g/mol. The van der Waals surface area contributed by atoms with Crippen LogP contribution in [0.3, 0.4) is 0 Å². The molecule has 1 fully saturated rings. The first-order valence-corrected chi connectivity index (χ1v) is 9.07. The Hall–Kier alpha value is -3.35. The van der Waals surface area contributed by atoms with Crippen molar-refractivity contribution in [3.8, 4) is 11.1 Å². The molecule has 3 aromatic rings. The van der Waals surface area contributed by atoms with Crippen molar-refractivity contribution >= 4 is 17.5 Å². The van der Waals surface area contributed by atoms with Crippen LogP contribution in [0.2, 0.25) is 0 Å². The zero-order valence-corrected chi connectivity index (χ0v) is 14.9. The molecule has 7 heteroatoms. The van der Waals surface area contributed by atoms with Gasteiger partial charge in [0, 0.05) is 42.1 Å². The highest BCUT2D eigenvalue weighted by atomic mass is 16.2. The van der Waals surface area contributed by atoms with Gasteiger partial charge in [0.25, 0.3) is 0 Å². The van der Waals surface area contributed by atoms with Crippen LogP contribution in [-0.2, 0) is 0 Å². The molecule has 2 aromatic heterocycles. The maximum Gasteiger partial charge on any atom is 0.321 e. The van der Waals surface area contributed by atoms with E-state index in [2.05, 4.69) is 20.5 Å². The van der Waals surface area contributed by atoms with Crippen molar-refractivity contribution in [1.82, 2.24) is 20.1 Å². The number of nitrogens with zero attached hydrogens (tertiary/aromatic N) is 3. The van der Waals surface area contributed by atoms with E-state index in [1.165, 1.54) is 0 Å². The molecule has 1 aliphatic rings. The SMILES string of the molecule is Nc1cc(-c2cn[nH]c2[C@@H]2CCCN(C(=O)Nc3ccccc3)C2)ccn1. The molecule has 0 saturated carbocycles. The Morgan fingerprint density at radius 1 is 1.26 bits per heavy atom. The number of pyridine rings is 1. The Morgan fingerprint density at radius 3 is 2.93 bits per heavy atom. The molecule has 1 aliphatic heterocycles. The van der Waals surface area contributed by atoms with Gasteiger partial charge in [0.1, 0.15) is 5.82 Å². The summed E-state index contributed by atoms with van der Waals surface area (Å²) >= 11 is 0. The van der Waals surface area contributed by atoms with E-state index >= 15 is 0 Å². The van der Waals surface area contributed by atoms with Gasteiger partial charge >= 0.3 is 6.03 Å². The molecule has 4 rings (SSSR count). The second-order valence-electron chi connectivity index (χ2n) is 6.75. The van der Waals surface area contributed by atoms with Crippen molar-refractivity contribution in [2.45, 2.75) is 18.8 Å². The molecule has 138 valence electrons. The zero-order valence-electron chi connectivity index (χ0n) is 14.9. The van der Waals surface area contributed by atoms with E-state index in [0.717, 1.165) is 41.9 Å². The third-order valence-electron chi connectivity index (χ3n) is 4.90. The standard InChI is InChI=1S/C20H22N6O/c21-18-11-14(8-9-22-18)17-12-23-25-19(17)15-5-4-10-26(13-15)20(27)24-16-6-2-1-3-7-16/h1-3,6-9,11-12,15H,4-5,10,13H2,(H2,21,22)(H,23,25)(H,24,27)/t15-/m1/s1. The molecule has 4 N–H and O–H groups in total. The molecule has 27 heavy (non-hydrogen) atoms. The lowest BCUT2D eigenvalue weighted by molar-refractivity contribution is 0.192. The van der Waals surface area contributed by atoms with Crippen LogP contribution >= 0.6 is 0 Å². The number of anilines is 2. The van der Waals surface area contributed by atoms with Crippen LogP contribution in [-0.4, -0.2) is 39.2 Å². The summed E-state index contributed by atoms with van der Waals surface area (Å²) in [6.45, 7) is 1.40. The third kappa shape index (κ3) is 3.76. The molecular weight excluding hydrogens is 340 g/mol. The number of likely N-dealkylation sites (tertiary alicyclic amines) is 1. The van der Waals surface area contributed by atoms with Crippen LogP contribution in [0.1, 0.15) is 24.5 Å². The number of nitrogens with one attached hydrogen (secondary N) is 2. The maximum atomic E-state index is 12.6. The molecule has 0 bridgehead atoms. The first-order chi connectivity index (χ1) is 13.2. The number of hydrogen-bond donors (Lipinski definition) is 3. The molecule has 0 unspecified atom stereocenters. The van der Waals surface area contributed by atoms with Gasteiger partial charge in [0.2, 0.25) is 0 Å². The Kier molecular flexibility index (Phi) is 4.74. The quantitative estimate of drug-likeness (QED) is 0.664. The second kappa shape index (κ2) is 7.49. The van der Waals surface area contributed by atoms with Crippen molar-refractivity contribution in [3.63, 3.8) is 0 Å². The van der Waals surface area contributed by atoms with Crippen molar-refractivity contribution in [1.29, 1.82) is 0 Å². The van der Waals surface area contributed by atoms with Crippen molar-refractivity contribution in [3.05, 3.63) is 60.6 Å². The summed E-state index contributed by atoms with van der Waals surface area (Å²) in [4.78, 5) is 18.6. The Morgan fingerprint density at radius 2 is 2.11 bits per heavy atom. The minimum absolute atomic E-state index is 0.0693. The van der Waals surface area contributed by atoms with Crippen molar-refractivity contribution < 1.29 is 4.79 Å². The predicted octanol–water partition coefficient (Wildman–Crippen LogP) is 3.47. The summed E-state index contributed by atoms with van der Waals surface area (Å²) in [5, 5.41) is 10.3. The Bertz CT molecular complexity index is 923. The fourth-order valence-electron chi connectivity index (χ4n) is 3.57. The average Bonchev–Trinajstić information content (AvgIpc) is 3.19. The smallest absolute Gasteiger partial charge is 0.321 e. The lowest BCUT2D eigenvalue weighted by atomic mass is 9.91. The highest BCUT2D eigenvalue weighted by Gasteiger charge is 2.27. The summed E-state index contributed by atoms with van der Waals surface area (Å²) in [5.74, 6) is 0.680. The van der Waals surface area contributed by atoms with E-state index in [-0.39, 0.29) is 11.9 Å². The number of hydrogen-bond acceptors (Lipinski definition) is 4. The van der Waals surface area contributed by atoms with E-state index in [4.69, 9.17) is 5.73 Å². The number of piperidine rings is 1. The number of rotatable bonds is 3. The number of amides is 2. The van der Waals surface area contributed by atoms with Gasteiger partial charge < -0.3 is 16.0 Å². The first kappa shape index (κ1) is 17.1. The van der Waals surface area contributed by atoms with Gasteiger partial charge in [-0.25, -0.2) is 9.78 Å². The van der Waals surface area contributed by atoms with E-state index in [0.29, 0.717) is 12.4 Å². The summed E-state index contributed by atoms with van der Waals surface area (Å²) in [6.07, 6.45) is 5.46. The van der Waals surface area contributed by atoms with Crippen LogP contribution in [0.25, 0.3) is 11.1 Å². The molecule has 3 heterocycles. The minimum atomic E-state index is -0.0693. The van der Waals surface area contributed by atoms with E-state index < -0.39 is 0 Å². The summed E-state index contributed by atoms with van der Waals surface area (Å²) in [5.41, 5.74) is 9.67. The number of nitrogens with two attached hydrogens (primary N) is 1. The van der Waals surface area contributed by atoms with Crippen molar-refractivity contribution in [2.24, 2.45) is 0 Å². The minimum Gasteiger partial charge on any atom is -0.384 e. The molecule has 1 saturated heterocycles. The molecule has 7 nitrogen and oxygen atoms in total. The second-order valence-corrected chi connectivity index (χ2v) is 6.75. The molecule has 0 radical (unpaired) electrons. The molecular formula is C20H22N6O. The fraction of sp³-hybridized carbons (Fsp3) is 0.250.